The smallest absolute Gasteiger partial charge is 0.107 e. The fourth-order valence-electron chi connectivity index (χ4n) is 2.18. The Balaban J connectivity index is 1.50. The van der Waals surface area contributed by atoms with Gasteiger partial charge in [0.1, 0.15) is 6.10 Å². The van der Waals surface area contributed by atoms with Crippen LogP contribution in [0.4, 0.5) is 0 Å². The molecule has 0 radical (unpaired) electrons. The molecular formula is C11H20O3. The first-order chi connectivity index (χ1) is 6.90. The van der Waals surface area contributed by atoms with E-state index in [1.165, 1.54) is 25.7 Å². The van der Waals surface area contributed by atoms with E-state index in [0.717, 1.165) is 19.4 Å². The van der Waals surface area contributed by atoms with Crippen LogP contribution in [-0.2, 0) is 9.47 Å². The van der Waals surface area contributed by atoms with Crippen LogP contribution in [-0.4, -0.2) is 36.6 Å². The highest BCUT2D eigenvalue weighted by molar-refractivity contribution is 4.83. The van der Waals surface area contributed by atoms with Gasteiger partial charge in [0.05, 0.1) is 18.8 Å². The largest absolute Gasteiger partial charge is 0.394 e. The van der Waals surface area contributed by atoms with Gasteiger partial charge in [-0.1, -0.05) is 0 Å². The lowest BCUT2D eigenvalue weighted by molar-refractivity contribution is 0.00960. The third-order valence-corrected chi connectivity index (χ3v) is 3.16. The van der Waals surface area contributed by atoms with Gasteiger partial charge in [0, 0.05) is 6.61 Å². The number of rotatable bonds is 5. The molecule has 0 saturated carbocycles. The normalized spacial score (nSPS) is 37.1. The Labute approximate surface area is 85.4 Å². The number of aliphatic hydroxyl groups excluding tert-OH is 1. The Hall–Kier alpha value is -0.120. The molecule has 2 rings (SSSR count). The quantitative estimate of drug-likeness (QED) is 0.684. The van der Waals surface area contributed by atoms with Gasteiger partial charge in [0.25, 0.3) is 0 Å². The molecule has 3 atom stereocenters. The second kappa shape index (κ2) is 5.10. The van der Waals surface area contributed by atoms with Gasteiger partial charge in [-0.15, -0.1) is 0 Å². The molecule has 3 heteroatoms. The molecule has 0 aromatic carbocycles. The van der Waals surface area contributed by atoms with Crippen molar-refractivity contribution in [3.05, 3.63) is 0 Å². The lowest BCUT2D eigenvalue weighted by atomic mass is 10.0. The molecule has 82 valence electrons. The van der Waals surface area contributed by atoms with Crippen molar-refractivity contribution in [3.63, 3.8) is 0 Å². The minimum atomic E-state index is 0.141. The van der Waals surface area contributed by atoms with E-state index in [9.17, 15) is 0 Å². The van der Waals surface area contributed by atoms with E-state index in [1.54, 1.807) is 0 Å². The summed E-state index contributed by atoms with van der Waals surface area (Å²) in [6.45, 7) is 1.13. The van der Waals surface area contributed by atoms with Gasteiger partial charge >= 0.3 is 0 Å². The highest BCUT2D eigenvalue weighted by atomic mass is 16.6. The van der Waals surface area contributed by atoms with Crippen LogP contribution in [0.25, 0.3) is 0 Å². The molecule has 2 heterocycles. The van der Waals surface area contributed by atoms with E-state index in [0.29, 0.717) is 12.2 Å². The molecule has 2 aliphatic rings. The minimum absolute atomic E-state index is 0.141. The molecule has 2 aliphatic heterocycles. The summed E-state index contributed by atoms with van der Waals surface area (Å²) in [6, 6.07) is 0. The molecule has 0 bridgehead atoms. The third kappa shape index (κ3) is 2.94. The SMILES string of the molecule is OC[C@@H]1O[C@@H]1CCCC1CCCCO1. The molecule has 1 unspecified atom stereocenters. The van der Waals surface area contributed by atoms with Crippen molar-refractivity contribution >= 4 is 0 Å². The Bertz CT molecular complexity index is 166. The topological polar surface area (TPSA) is 42.0 Å². The average molecular weight is 200 g/mol. The Morgan fingerprint density at radius 3 is 2.71 bits per heavy atom. The summed E-state index contributed by atoms with van der Waals surface area (Å²) in [6.07, 6.45) is 8.18. The van der Waals surface area contributed by atoms with Crippen LogP contribution in [0.1, 0.15) is 38.5 Å². The van der Waals surface area contributed by atoms with Crippen molar-refractivity contribution in [2.24, 2.45) is 0 Å². The lowest BCUT2D eigenvalue weighted by Gasteiger charge is -2.22. The van der Waals surface area contributed by atoms with Crippen LogP contribution in [0.5, 0.6) is 0 Å². The molecule has 2 fully saturated rings. The lowest BCUT2D eigenvalue weighted by Crippen LogP contribution is -2.18. The van der Waals surface area contributed by atoms with Crippen molar-refractivity contribution < 1.29 is 14.6 Å². The molecule has 0 aromatic rings. The van der Waals surface area contributed by atoms with E-state index in [-0.39, 0.29) is 12.7 Å². The van der Waals surface area contributed by atoms with Gasteiger partial charge in [-0.3, -0.25) is 0 Å². The third-order valence-electron chi connectivity index (χ3n) is 3.16. The van der Waals surface area contributed by atoms with Crippen LogP contribution in [0.3, 0.4) is 0 Å². The van der Waals surface area contributed by atoms with Crippen molar-refractivity contribution in [1.82, 2.24) is 0 Å². The second-order valence-corrected chi connectivity index (χ2v) is 4.32. The zero-order chi connectivity index (χ0) is 9.80. The number of ether oxygens (including phenoxy) is 2. The Morgan fingerprint density at radius 2 is 2.07 bits per heavy atom. The van der Waals surface area contributed by atoms with E-state index in [4.69, 9.17) is 14.6 Å². The summed E-state index contributed by atoms with van der Waals surface area (Å²) in [5.41, 5.74) is 0. The van der Waals surface area contributed by atoms with Gasteiger partial charge in [0.15, 0.2) is 0 Å². The predicted octanol–water partition coefficient (Wildman–Crippen LogP) is 1.49. The average Bonchev–Trinajstić information content (AvgIpc) is 2.98. The monoisotopic (exact) mass is 200 g/mol. The van der Waals surface area contributed by atoms with E-state index in [1.807, 2.05) is 0 Å². The maximum Gasteiger partial charge on any atom is 0.107 e. The molecule has 1 N–H and O–H groups in total. The van der Waals surface area contributed by atoms with Gasteiger partial charge in [-0.25, -0.2) is 0 Å². The summed E-state index contributed by atoms with van der Waals surface area (Å²) in [7, 11) is 0. The number of hydrogen-bond donors (Lipinski definition) is 1. The fraction of sp³-hybridized carbons (Fsp3) is 1.00. The molecule has 2 saturated heterocycles. The van der Waals surface area contributed by atoms with Crippen LogP contribution in [0, 0.1) is 0 Å². The predicted molar refractivity (Wildman–Crippen MR) is 53.2 cm³/mol. The van der Waals surface area contributed by atoms with Gasteiger partial charge in [-0.2, -0.15) is 0 Å². The number of epoxide rings is 1. The summed E-state index contributed by atoms with van der Waals surface area (Å²) < 4.78 is 10.9. The van der Waals surface area contributed by atoms with Crippen molar-refractivity contribution in [2.45, 2.75) is 56.8 Å². The zero-order valence-electron chi connectivity index (χ0n) is 8.65. The minimum Gasteiger partial charge on any atom is -0.394 e. The van der Waals surface area contributed by atoms with Crippen LogP contribution in [0.15, 0.2) is 0 Å². The maximum atomic E-state index is 8.77. The van der Waals surface area contributed by atoms with E-state index in [2.05, 4.69) is 0 Å². The van der Waals surface area contributed by atoms with Gasteiger partial charge in [-0.05, 0) is 38.5 Å². The second-order valence-electron chi connectivity index (χ2n) is 4.32. The summed E-state index contributed by atoms with van der Waals surface area (Å²) in [5, 5.41) is 8.77. The van der Waals surface area contributed by atoms with Crippen LogP contribution in [0.2, 0.25) is 0 Å². The molecule has 0 spiro atoms. The van der Waals surface area contributed by atoms with E-state index < -0.39 is 0 Å². The van der Waals surface area contributed by atoms with Crippen LogP contribution < -0.4 is 0 Å². The maximum absolute atomic E-state index is 8.77. The summed E-state index contributed by atoms with van der Waals surface area (Å²) >= 11 is 0. The van der Waals surface area contributed by atoms with Crippen molar-refractivity contribution in [2.75, 3.05) is 13.2 Å². The standard InChI is InChI=1S/C11H20O3/c12-8-11-10(14-11)6-3-5-9-4-1-2-7-13-9/h9-12H,1-8H2/t9?,10-,11+/m1/s1. The first-order valence-electron chi connectivity index (χ1n) is 5.78. The molecule has 0 aliphatic carbocycles. The molecule has 14 heavy (non-hydrogen) atoms. The Kier molecular flexibility index (Phi) is 3.79. The molecular weight excluding hydrogens is 180 g/mol. The summed E-state index contributed by atoms with van der Waals surface area (Å²) in [4.78, 5) is 0. The first-order valence-corrected chi connectivity index (χ1v) is 5.78. The fourth-order valence-corrected chi connectivity index (χ4v) is 2.18. The van der Waals surface area contributed by atoms with Crippen molar-refractivity contribution in [3.8, 4) is 0 Å². The van der Waals surface area contributed by atoms with Gasteiger partial charge < -0.3 is 14.6 Å². The van der Waals surface area contributed by atoms with E-state index >= 15 is 0 Å². The molecule has 0 amide bonds. The van der Waals surface area contributed by atoms with Crippen molar-refractivity contribution in [1.29, 1.82) is 0 Å². The molecule has 3 nitrogen and oxygen atoms in total. The number of aliphatic hydroxyl groups is 1. The zero-order valence-corrected chi connectivity index (χ0v) is 8.65. The van der Waals surface area contributed by atoms with Gasteiger partial charge in [0.2, 0.25) is 0 Å². The molecule has 0 aromatic heterocycles. The highest BCUT2D eigenvalue weighted by Gasteiger charge is 2.37. The van der Waals surface area contributed by atoms with Crippen LogP contribution >= 0.6 is 0 Å². The first kappa shape index (κ1) is 10.4. The summed E-state index contributed by atoms with van der Waals surface area (Å²) in [5.74, 6) is 0. The highest BCUT2D eigenvalue weighted by Crippen LogP contribution is 2.27. The Morgan fingerprint density at radius 1 is 1.14 bits per heavy atom. The number of hydrogen-bond acceptors (Lipinski definition) is 3.